The number of rotatable bonds is 1. The predicted octanol–water partition coefficient (Wildman–Crippen LogP) is 2.18. The van der Waals surface area contributed by atoms with Crippen LogP contribution in [0.1, 0.15) is 5.69 Å². The lowest BCUT2D eigenvalue weighted by molar-refractivity contribution is 0.491. The highest BCUT2D eigenvalue weighted by Gasteiger charge is 2.13. The van der Waals surface area contributed by atoms with E-state index in [0.717, 1.165) is 10.7 Å². The Bertz CT molecular complexity index is 548. The molecule has 0 fully saturated rings. The van der Waals surface area contributed by atoms with Crippen LogP contribution in [0, 0.1) is 24.4 Å². The van der Waals surface area contributed by atoms with Gasteiger partial charge in [-0.05, 0) is 6.92 Å². The quantitative estimate of drug-likeness (QED) is 0.759. The fourth-order valence-electron chi connectivity index (χ4n) is 1.42. The average Bonchev–Trinajstić information content (AvgIpc) is 2.51. The average molecular weight is 227 g/mol. The van der Waals surface area contributed by atoms with E-state index in [9.17, 15) is 13.2 Å². The minimum atomic E-state index is -1.24. The van der Waals surface area contributed by atoms with Crippen LogP contribution >= 0.6 is 0 Å². The molecule has 0 aliphatic rings. The minimum absolute atomic E-state index is 0.173. The van der Waals surface area contributed by atoms with E-state index in [2.05, 4.69) is 5.10 Å². The molecule has 84 valence electrons. The molecular weight excluding hydrogens is 219 g/mol. The van der Waals surface area contributed by atoms with Gasteiger partial charge in [0.15, 0.2) is 17.5 Å². The van der Waals surface area contributed by atoms with Crippen molar-refractivity contribution in [1.29, 1.82) is 0 Å². The minimum Gasteiger partial charge on any atom is -0.382 e. The topological polar surface area (TPSA) is 43.8 Å². The third-order valence-corrected chi connectivity index (χ3v) is 2.12. The first-order chi connectivity index (χ1) is 7.49. The molecule has 1 heterocycles. The molecule has 0 saturated heterocycles. The molecule has 0 saturated carbocycles. The first-order valence-corrected chi connectivity index (χ1v) is 4.46. The zero-order chi connectivity index (χ0) is 11.9. The highest BCUT2D eigenvalue weighted by Crippen LogP contribution is 2.19. The lowest BCUT2D eigenvalue weighted by Crippen LogP contribution is -2.04. The number of nitrogen functional groups attached to an aromatic ring is 1. The first-order valence-electron chi connectivity index (χ1n) is 4.46. The smallest absolute Gasteiger partial charge is 0.161 e. The summed E-state index contributed by atoms with van der Waals surface area (Å²) in [4.78, 5) is 0. The molecule has 1 aromatic heterocycles. The molecule has 0 aliphatic heterocycles. The van der Waals surface area contributed by atoms with E-state index in [1.165, 1.54) is 6.07 Å². The summed E-state index contributed by atoms with van der Waals surface area (Å²) in [5.41, 5.74) is 5.77. The van der Waals surface area contributed by atoms with Crippen LogP contribution in [-0.4, -0.2) is 9.78 Å². The molecule has 0 atom stereocenters. The van der Waals surface area contributed by atoms with Crippen molar-refractivity contribution in [3.8, 4) is 5.69 Å². The lowest BCUT2D eigenvalue weighted by Gasteiger charge is -2.06. The van der Waals surface area contributed by atoms with Gasteiger partial charge in [-0.1, -0.05) is 0 Å². The fourth-order valence-corrected chi connectivity index (χ4v) is 1.42. The van der Waals surface area contributed by atoms with Gasteiger partial charge in [0, 0.05) is 23.9 Å². The number of halogens is 3. The molecule has 0 unspecified atom stereocenters. The number of anilines is 1. The largest absolute Gasteiger partial charge is 0.382 e. The van der Waals surface area contributed by atoms with Crippen molar-refractivity contribution < 1.29 is 13.2 Å². The Morgan fingerprint density at radius 3 is 2.25 bits per heavy atom. The molecule has 2 N–H and O–H groups in total. The van der Waals surface area contributed by atoms with Gasteiger partial charge in [-0.3, -0.25) is 0 Å². The molecule has 0 spiro atoms. The van der Waals surface area contributed by atoms with E-state index in [4.69, 9.17) is 5.73 Å². The summed E-state index contributed by atoms with van der Waals surface area (Å²) >= 11 is 0. The molecule has 3 nitrogen and oxygen atoms in total. The molecule has 0 amide bonds. The van der Waals surface area contributed by atoms with E-state index < -0.39 is 17.5 Å². The number of hydrogen-bond acceptors (Lipinski definition) is 2. The summed E-state index contributed by atoms with van der Waals surface area (Å²) in [7, 11) is 0. The van der Waals surface area contributed by atoms with Crippen molar-refractivity contribution >= 4 is 5.82 Å². The van der Waals surface area contributed by atoms with Gasteiger partial charge >= 0.3 is 0 Å². The fraction of sp³-hybridized carbons (Fsp3) is 0.100. The van der Waals surface area contributed by atoms with E-state index in [1.807, 2.05) is 0 Å². The standard InChI is InChI=1S/C10H8F3N3/c1-5-2-10(14)15-16(5)9-4-7(12)6(11)3-8(9)13/h2-4H,1H3,(H2,14,15). The zero-order valence-electron chi connectivity index (χ0n) is 8.34. The van der Waals surface area contributed by atoms with Crippen LogP contribution in [0.15, 0.2) is 18.2 Å². The van der Waals surface area contributed by atoms with E-state index in [-0.39, 0.29) is 11.5 Å². The normalized spacial score (nSPS) is 10.8. The SMILES string of the molecule is Cc1cc(N)nn1-c1cc(F)c(F)cc1F. The summed E-state index contributed by atoms with van der Waals surface area (Å²) < 4.78 is 40.2. The van der Waals surface area contributed by atoms with Crippen LogP contribution in [0.2, 0.25) is 0 Å². The number of aryl methyl sites for hydroxylation is 1. The van der Waals surface area contributed by atoms with E-state index >= 15 is 0 Å². The van der Waals surface area contributed by atoms with E-state index in [0.29, 0.717) is 11.8 Å². The Hall–Kier alpha value is -1.98. The lowest BCUT2D eigenvalue weighted by atomic mass is 10.3. The van der Waals surface area contributed by atoms with E-state index in [1.54, 1.807) is 6.92 Å². The second-order valence-corrected chi connectivity index (χ2v) is 3.34. The molecular formula is C10H8F3N3. The third kappa shape index (κ3) is 1.62. The molecule has 0 aliphatic carbocycles. The Labute approximate surface area is 89.3 Å². The Morgan fingerprint density at radius 2 is 1.69 bits per heavy atom. The first kappa shape index (κ1) is 10.5. The summed E-state index contributed by atoms with van der Waals surface area (Å²) in [5, 5.41) is 3.78. The number of benzene rings is 1. The van der Waals surface area contributed by atoms with Gasteiger partial charge < -0.3 is 5.73 Å². The van der Waals surface area contributed by atoms with Gasteiger partial charge in [0.25, 0.3) is 0 Å². The molecule has 2 rings (SSSR count). The highest BCUT2D eigenvalue weighted by atomic mass is 19.2. The van der Waals surface area contributed by atoms with Gasteiger partial charge in [-0.15, -0.1) is 0 Å². The third-order valence-electron chi connectivity index (χ3n) is 2.12. The maximum Gasteiger partial charge on any atom is 0.161 e. The molecule has 2 aromatic rings. The van der Waals surface area contributed by atoms with Crippen molar-refractivity contribution in [2.24, 2.45) is 0 Å². The molecule has 0 bridgehead atoms. The predicted molar refractivity (Wildman–Crippen MR) is 52.6 cm³/mol. The van der Waals surface area contributed by atoms with Gasteiger partial charge in [-0.25, -0.2) is 17.9 Å². The molecule has 1 aromatic carbocycles. The second-order valence-electron chi connectivity index (χ2n) is 3.34. The number of nitrogens with two attached hydrogens (primary N) is 1. The summed E-state index contributed by atoms with van der Waals surface area (Å²) in [6.45, 7) is 1.63. The molecule has 0 radical (unpaired) electrons. The van der Waals surface area contributed by atoms with Crippen LogP contribution in [0.3, 0.4) is 0 Å². The van der Waals surface area contributed by atoms with Gasteiger partial charge in [-0.2, -0.15) is 5.10 Å². The summed E-state index contributed by atoms with van der Waals surface area (Å²) in [5.74, 6) is -3.09. The Kier molecular flexibility index (Phi) is 2.34. The maximum absolute atomic E-state index is 13.4. The maximum atomic E-state index is 13.4. The van der Waals surface area contributed by atoms with Gasteiger partial charge in [0.2, 0.25) is 0 Å². The van der Waals surface area contributed by atoms with Crippen molar-refractivity contribution in [2.45, 2.75) is 6.92 Å². The second kappa shape index (κ2) is 3.55. The number of aromatic nitrogens is 2. The summed E-state index contributed by atoms with van der Waals surface area (Å²) in [6, 6.07) is 2.72. The van der Waals surface area contributed by atoms with Crippen molar-refractivity contribution in [3.63, 3.8) is 0 Å². The monoisotopic (exact) mass is 227 g/mol. The van der Waals surface area contributed by atoms with Gasteiger partial charge in [0.05, 0.1) is 0 Å². The van der Waals surface area contributed by atoms with Crippen molar-refractivity contribution in [2.75, 3.05) is 5.73 Å². The Morgan fingerprint density at radius 1 is 1.06 bits per heavy atom. The van der Waals surface area contributed by atoms with Crippen LogP contribution in [0.4, 0.5) is 19.0 Å². The molecule has 16 heavy (non-hydrogen) atoms. The van der Waals surface area contributed by atoms with Crippen LogP contribution in [0.5, 0.6) is 0 Å². The highest BCUT2D eigenvalue weighted by molar-refractivity contribution is 5.39. The van der Waals surface area contributed by atoms with Crippen molar-refractivity contribution in [1.82, 2.24) is 9.78 Å². The van der Waals surface area contributed by atoms with Crippen LogP contribution in [0.25, 0.3) is 5.69 Å². The summed E-state index contributed by atoms with van der Waals surface area (Å²) in [6.07, 6.45) is 0. The Balaban J connectivity index is 2.64. The van der Waals surface area contributed by atoms with Crippen LogP contribution < -0.4 is 5.73 Å². The van der Waals surface area contributed by atoms with Crippen LogP contribution in [-0.2, 0) is 0 Å². The number of hydrogen-bond donors (Lipinski definition) is 1. The molecule has 6 heteroatoms. The van der Waals surface area contributed by atoms with Gasteiger partial charge in [0.1, 0.15) is 11.5 Å². The number of nitrogens with zero attached hydrogens (tertiary/aromatic N) is 2. The zero-order valence-corrected chi connectivity index (χ0v) is 8.34. The van der Waals surface area contributed by atoms with Crippen molar-refractivity contribution in [3.05, 3.63) is 41.3 Å².